The molecule has 0 aliphatic heterocycles. The predicted molar refractivity (Wildman–Crippen MR) is 99.6 cm³/mol. The van der Waals surface area contributed by atoms with Gasteiger partial charge in [-0.15, -0.1) is 0 Å². The SMILES string of the molecule is Cc1oc2ccc(O)c(C[NH+](C)C)c2c1C(=O)OCCc1ccccc1. The van der Waals surface area contributed by atoms with Crippen LogP contribution < -0.4 is 4.90 Å². The van der Waals surface area contributed by atoms with Gasteiger partial charge in [-0.25, -0.2) is 4.79 Å². The molecule has 2 aromatic carbocycles. The molecule has 0 saturated heterocycles. The molecule has 1 heterocycles. The zero-order chi connectivity index (χ0) is 18.7. The number of hydrogen-bond acceptors (Lipinski definition) is 4. The van der Waals surface area contributed by atoms with Crippen LogP contribution in [-0.2, 0) is 17.7 Å². The fourth-order valence-electron chi connectivity index (χ4n) is 3.12. The minimum absolute atomic E-state index is 0.165. The molecule has 0 saturated carbocycles. The van der Waals surface area contributed by atoms with Gasteiger partial charge < -0.3 is 19.2 Å². The smallest absolute Gasteiger partial charge is 0.342 e. The number of rotatable bonds is 6. The molecular formula is C21H24NO4+. The highest BCUT2D eigenvalue weighted by atomic mass is 16.5. The van der Waals surface area contributed by atoms with Crippen LogP contribution in [0.1, 0.15) is 27.2 Å². The van der Waals surface area contributed by atoms with E-state index >= 15 is 0 Å². The maximum atomic E-state index is 12.7. The minimum atomic E-state index is -0.419. The summed E-state index contributed by atoms with van der Waals surface area (Å²) in [6.07, 6.45) is 0.654. The molecule has 0 atom stereocenters. The summed E-state index contributed by atoms with van der Waals surface area (Å²) < 4.78 is 11.2. The third-order valence-corrected chi connectivity index (χ3v) is 4.32. The molecule has 2 N–H and O–H groups in total. The summed E-state index contributed by atoms with van der Waals surface area (Å²) in [5.41, 5.74) is 2.81. The fourth-order valence-corrected chi connectivity index (χ4v) is 3.12. The number of carbonyl (C=O) groups excluding carboxylic acids is 1. The van der Waals surface area contributed by atoms with Crippen molar-refractivity contribution in [2.45, 2.75) is 19.9 Å². The number of benzene rings is 2. The Morgan fingerprint density at radius 3 is 2.58 bits per heavy atom. The molecule has 3 aromatic rings. The third kappa shape index (κ3) is 3.73. The van der Waals surface area contributed by atoms with Gasteiger partial charge in [0.2, 0.25) is 0 Å². The van der Waals surface area contributed by atoms with Crippen LogP contribution in [0.3, 0.4) is 0 Å². The number of aryl methyl sites for hydroxylation is 1. The summed E-state index contributed by atoms with van der Waals surface area (Å²) in [6, 6.07) is 13.2. The van der Waals surface area contributed by atoms with E-state index in [0.29, 0.717) is 47.4 Å². The van der Waals surface area contributed by atoms with Gasteiger partial charge in [0.15, 0.2) is 0 Å². The summed E-state index contributed by atoms with van der Waals surface area (Å²) in [7, 11) is 3.98. The summed E-state index contributed by atoms with van der Waals surface area (Å²) in [6.45, 7) is 2.62. The number of esters is 1. The van der Waals surface area contributed by atoms with Crippen LogP contribution in [0.25, 0.3) is 11.0 Å². The predicted octanol–water partition coefficient (Wildman–Crippen LogP) is 2.49. The first-order valence-electron chi connectivity index (χ1n) is 8.71. The van der Waals surface area contributed by atoms with Crippen LogP contribution in [-0.4, -0.2) is 31.8 Å². The highest BCUT2D eigenvalue weighted by molar-refractivity contribution is 6.06. The van der Waals surface area contributed by atoms with E-state index < -0.39 is 5.97 Å². The van der Waals surface area contributed by atoms with Crippen LogP contribution in [0.2, 0.25) is 0 Å². The lowest BCUT2D eigenvalue weighted by atomic mass is 10.0. The quantitative estimate of drug-likeness (QED) is 0.668. The average Bonchev–Trinajstić information content (AvgIpc) is 2.94. The van der Waals surface area contributed by atoms with Gasteiger partial charge in [0.25, 0.3) is 0 Å². The van der Waals surface area contributed by atoms with Gasteiger partial charge in [-0.05, 0) is 24.6 Å². The number of nitrogens with one attached hydrogen (secondary N) is 1. The molecule has 5 heteroatoms. The number of aromatic hydroxyl groups is 1. The minimum Gasteiger partial charge on any atom is -0.507 e. The molecule has 1 aromatic heterocycles. The molecule has 5 nitrogen and oxygen atoms in total. The highest BCUT2D eigenvalue weighted by Crippen LogP contribution is 2.33. The van der Waals surface area contributed by atoms with Crippen LogP contribution in [0.15, 0.2) is 46.9 Å². The lowest BCUT2D eigenvalue weighted by molar-refractivity contribution is -0.872. The van der Waals surface area contributed by atoms with Gasteiger partial charge >= 0.3 is 5.97 Å². The Bertz CT molecular complexity index is 913. The summed E-state index contributed by atoms with van der Waals surface area (Å²) >= 11 is 0. The Labute approximate surface area is 152 Å². The zero-order valence-electron chi connectivity index (χ0n) is 15.3. The van der Waals surface area contributed by atoms with Crippen molar-refractivity contribution >= 4 is 16.9 Å². The van der Waals surface area contributed by atoms with Gasteiger partial charge in [0.1, 0.15) is 29.2 Å². The van der Waals surface area contributed by atoms with Crippen molar-refractivity contribution in [2.75, 3.05) is 20.7 Å². The molecule has 0 aliphatic carbocycles. The van der Waals surface area contributed by atoms with E-state index in [9.17, 15) is 9.90 Å². The number of fused-ring (bicyclic) bond motifs is 1. The zero-order valence-corrected chi connectivity index (χ0v) is 15.3. The standard InChI is InChI=1S/C21H23NO4/c1-14-19(21(24)25-12-11-15-7-5-4-6-8-15)20-16(13-22(2)3)17(23)9-10-18(20)26-14/h4-10,23H,11-13H2,1-3H3/p+1. The number of quaternary nitrogens is 1. The number of carbonyl (C=O) groups is 1. The van der Waals surface area contributed by atoms with Gasteiger partial charge in [0.05, 0.1) is 26.3 Å². The van der Waals surface area contributed by atoms with E-state index in [0.717, 1.165) is 10.5 Å². The first kappa shape index (κ1) is 18.0. The van der Waals surface area contributed by atoms with Crippen molar-refractivity contribution < 1.29 is 24.0 Å². The maximum absolute atomic E-state index is 12.7. The topological polar surface area (TPSA) is 64.1 Å². The van der Waals surface area contributed by atoms with Crippen LogP contribution in [0.4, 0.5) is 0 Å². The van der Waals surface area contributed by atoms with Gasteiger partial charge in [0, 0.05) is 11.8 Å². The van der Waals surface area contributed by atoms with Gasteiger partial charge in [-0.1, -0.05) is 30.3 Å². The van der Waals surface area contributed by atoms with Crippen molar-refractivity contribution in [1.82, 2.24) is 0 Å². The monoisotopic (exact) mass is 354 g/mol. The first-order chi connectivity index (χ1) is 12.5. The fraction of sp³-hybridized carbons (Fsp3) is 0.286. The van der Waals surface area contributed by atoms with Gasteiger partial charge in [-0.3, -0.25) is 0 Å². The Balaban J connectivity index is 1.87. The average molecular weight is 354 g/mol. The van der Waals surface area contributed by atoms with Crippen molar-refractivity contribution in [2.24, 2.45) is 0 Å². The van der Waals surface area contributed by atoms with E-state index in [4.69, 9.17) is 9.15 Å². The maximum Gasteiger partial charge on any atom is 0.342 e. The van der Waals surface area contributed by atoms with E-state index in [1.54, 1.807) is 19.1 Å². The summed E-state index contributed by atoms with van der Waals surface area (Å²) in [4.78, 5) is 13.8. The third-order valence-electron chi connectivity index (χ3n) is 4.32. The number of hydrogen-bond donors (Lipinski definition) is 2. The number of phenols is 1. The molecule has 0 aliphatic rings. The molecule has 136 valence electrons. The van der Waals surface area contributed by atoms with Crippen molar-refractivity contribution in [1.29, 1.82) is 0 Å². The van der Waals surface area contributed by atoms with Crippen molar-refractivity contribution in [3.05, 3.63) is 64.9 Å². The molecule has 0 radical (unpaired) electrons. The van der Waals surface area contributed by atoms with Crippen LogP contribution >= 0.6 is 0 Å². The molecule has 0 unspecified atom stereocenters. The molecule has 0 fully saturated rings. The Kier molecular flexibility index (Phi) is 5.28. The number of ether oxygens (including phenoxy) is 1. The Morgan fingerprint density at radius 1 is 1.15 bits per heavy atom. The van der Waals surface area contributed by atoms with Crippen LogP contribution in [0.5, 0.6) is 5.75 Å². The second-order valence-electron chi connectivity index (χ2n) is 6.73. The molecule has 0 bridgehead atoms. The lowest BCUT2D eigenvalue weighted by Crippen LogP contribution is -3.04. The number of furan rings is 1. The second-order valence-corrected chi connectivity index (χ2v) is 6.73. The van der Waals surface area contributed by atoms with Crippen molar-refractivity contribution in [3.8, 4) is 5.75 Å². The summed E-state index contributed by atoms with van der Waals surface area (Å²) in [5, 5.41) is 10.9. The normalized spacial score (nSPS) is 11.2. The molecular weight excluding hydrogens is 330 g/mol. The van der Waals surface area contributed by atoms with Crippen molar-refractivity contribution in [3.63, 3.8) is 0 Å². The lowest BCUT2D eigenvalue weighted by Gasteiger charge is -2.11. The summed E-state index contributed by atoms with van der Waals surface area (Å²) in [5.74, 6) is 0.251. The molecule has 0 amide bonds. The van der Waals surface area contributed by atoms with Crippen LogP contribution in [0, 0.1) is 6.92 Å². The Hall–Kier alpha value is -2.79. The second kappa shape index (κ2) is 7.62. The molecule has 26 heavy (non-hydrogen) atoms. The van der Waals surface area contributed by atoms with E-state index in [-0.39, 0.29) is 5.75 Å². The molecule has 0 spiro atoms. The van der Waals surface area contributed by atoms with E-state index in [2.05, 4.69) is 0 Å². The Morgan fingerprint density at radius 2 is 1.88 bits per heavy atom. The van der Waals surface area contributed by atoms with E-state index in [1.165, 1.54) is 0 Å². The highest BCUT2D eigenvalue weighted by Gasteiger charge is 2.24. The molecule has 3 rings (SSSR count). The first-order valence-corrected chi connectivity index (χ1v) is 8.71. The van der Waals surface area contributed by atoms with E-state index in [1.807, 2.05) is 44.4 Å². The largest absolute Gasteiger partial charge is 0.507 e. The number of phenolic OH excluding ortho intramolecular Hbond substituents is 1. The van der Waals surface area contributed by atoms with Gasteiger partial charge in [-0.2, -0.15) is 0 Å².